The van der Waals surface area contributed by atoms with Crippen molar-refractivity contribution in [1.29, 1.82) is 5.26 Å². The second-order valence-electron chi connectivity index (χ2n) is 2.76. The lowest BCUT2D eigenvalue weighted by Crippen LogP contribution is -2.14. The van der Waals surface area contributed by atoms with Crippen LogP contribution in [0.15, 0.2) is 12.1 Å². The molecule has 0 atom stereocenters. The highest BCUT2D eigenvalue weighted by Gasteiger charge is 2.05. The molecule has 0 spiro atoms. The molecule has 0 aliphatic heterocycles. The van der Waals surface area contributed by atoms with Gasteiger partial charge in [0.05, 0.1) is 5.69 Å². The molecule has 0 aromatic carbocycles. The van der Waals surface area contributed by atoms with Gasteiger partial charge in [0.1, 0.15) is 11.6 Å². The number of anilines is 3. The van der Waals surface area contributed by atoms with Gasteiger partial charge in [-0.25, -0.2) is 10.2 Å². The molecular weight excluding hydrogens is 193 g/mol. The van der Waals surface area contributed by atoms with Crippen LogP contribution in [0.5, 0.6) is 0 Å². The van der Waals surface area contributed by atoms with Gasteiger partial charge in [0, 0.05) is 6.32 Å². The zero-order valence-corrected chi connectivity index (χ0v) is 7.90. The number of hydrogen-bond donors (Lipinski definition) is 3. The Hall–Kier alpha value is -2.23. The van der Waals surface area contributed by atoms with Crippen LogP contribution in [0.25, 0.3) is 0 Å². The van der Waals surface area contributed by atoms with Gasteiger partial charge in [0.25, 0.3) is 7.28 Å². The molecule has 0 aliphatic rings. The quantitative estimate of drug-likeness (QED) is 0.586. The van der Waals surface area contributed by atoms with Crippen molar-refractivity contribution < 1.29 is 4.79 Å². The van der Waals surface area contributed by atoms with E-state index < -0.39 is 0 Å². The number of carbonyl (C=O) groups is 1. The van der Waals surface area contributed by atoms with E-state index in [0.717, 1.165) is 0 Å². The van der Waals surface area contributed by atoms with Crippen LogP contribution in [0, 0.1) is 11.2 Å². The lowest BCUT2D eigenvalue weighted by atomic mass is 9.77. The molecule has 1 amide bonds. The summed E-state index contributed by atoms with van der Waals surface area (Å²) in [5, 5.41) is 10.7. The maximum atomic E-state index is 11.2. The van der Waals surface area contributed by atoms with Gasteiger partial charge < -0.3 is 16.8 Å². The maximum Gasteiger partial charge on any atom is 0.264 e. The Morgan fingerprint density at radius 1 is 1.60 bits per heavy atom. The van der Waals surface area contributed by atoms with Crippen LogP contribution in [-0.4, -0.2) is 18.2 Å². The molecule has 0 saturated heterocycles. The summed E-state index contributed by atoms with van der Waals surface area (Å²) in [5.74, 6) is 1.91. The molecule has 0 bridgehead atoms. The molecule has 7 heteroatoms. The average molecular weight is 202 g/mol. The summed E-state index contributed by atoms with van der Waals surface area (Å²) in [7, 11) is 1.19. The molecular formula is C8H9BN5O. The zero-order valence-electron chi connectivity index (χ0n) is 7.90. The first-order chi connectivity index (χ1) is 7.13. The standard InChI is InChI=1S/C8H9BN5O/c10-4-9-3-7(15)13-6-2-1-5(11)8(12)14-6/h1-2H,3,11H2,(H3,12,13,14,15). The Labute approximate surface area is 87.5 Å². The summed E-state index contributed by atoms with van der Waals surface area (Å²) in [6.45, 7) is 0. The van der Waals surface area contributed by atoms with Crippen molar-refractivity contribution in [3.05, 3.63) is 12.1 Å². The molecule has 0 fully saturated rings. The molecule has 0 saturated carbocycles. The number of carbonyl (C=O) groups excluding carboxylic acids is 1. The lowest BCUT2D eigenvalue weighted by Gasteiger charge is -2.04. The minimum Gasteiger partial charge on any atom is -0.396 e. The number of amides is 1. The van der Waals surface area contributed by atoms with E-state index in [1.165, 1.54) is 13.3 Å². The third kappa shape index (κ3) is 3.19. The number of hydrogen-bond acceptors (Lipinski definition) is 5. The van der Waals surface area contributed by atoms with E-state index in [1.807, 2.05) is 0 Å². The first kappa shape index (κ1) is 10.9. The minimum atomic E-state index is -0.326. The highest BCUT2D eigenvalue weighted by molar-refractivity contribution is 6.50. The Morgan fingerprint density at radius 3 is 2.93 bits per heavy atom. The molecule has 0 unspecified atom stereocenters. The summed E-state index contributed by atoms with van der Waals surface area (Å²) in [5.41, 5.74) is 11.3. The monoisotopic (exact) mass is 202 g/mol. The second kappa shape index (κ2) is 4.86. The van der Waals surface area contributed by atoms with Gasteiger partial charge in [-0.3, -0.25) is 4.79 Å². The van der Waals surface area contributed by atoms with Crippen LogP contribution in [-0.2, 0) is 4.79 Å². The third-order valence-electron chi connectivity index (χ3n) is 1.60. The van der Waals surface area contributed by atoms with Crippen LogP contribution < -0.4 is 16.8 Å². The highest BCUT2D eigenvalue weighted by Crippen LogP contribution is 2.14. The number of nitrogens with two attached hydrogens (primary N) is 2. The molecule has 0 aliphatic carbocycles. The van der Waals surface area contributed by atoms with Gasteiger partial charge in [-0.2, -0.15) is 0 Å². The summed E-state index contributed by atoms with van der Waals surface area (Å²) in [6, 6.07) is 3.09. The zero-order chi connectivity index (χ0) is 11.3. The summed E-state index contributed by atoms with van der Waals surface area (Å²) >= 11 is 0. The number of nitrogens with zero attached hydrogens (tertiary/aromatic N) is 2. The Morgan fingerprint density at radius 2 is 2.33 bits per heavy atom. The van der Waals surface area contributed by atoms with Crippen LogP contribution in [0.4, 0.5) is 17.3 Å². The Kier molecular flexibility index (Phi) is 3.52. The van der Waals surface area contributed by atoms with E-state index in [4.69, 9.17) is 16.7 Å². The van der Waals surface area contributed by atoms with E-state index in [0.29, 0.717) is 11.5 Å². The van der Waals surface area contributed by atoms with E-state index in [-0.39, 0.29) is 18.0 Å². The molecule has 1 heterocycles. The molecule has 5 N–H and O–H groups in total. The maximum absolute atomic E-state index is 11.2. The van der Waals surface area contributed by atoms with Crippen molar-refractivity contribution in [3.63, 3.8) is 0 Å². The minimum absolute atomic E-state index is 0.0163. The van der Waals surface area contributed by atoms with Gasteiger partial charge in [-0.05, 0) is 18.1 Å². The van der Waals surface area contributed by atoms with E-state index in [2.05, 4.69) is 10.3 Å². The molecule has 75 valence electrons. The fourth-order valence-electron chi connectivity index (χ4n) is 0.888. The topological polar surface area (TPSA) is 118 Å². The van der Waals surface area contributed by atoms with Crippen LogP contribution in [0.2, 0.25) is 6.32 Å². The van der Waals surface area contributed by atoms with Gasteiger partial charge in [0.15, 0.2) is 0 Å². The molecule has 1 aromatic rings. The van der Waals surface area contributed by atoms with Crippen LogP contribution in [0.1, 0.15) is 0 Å². The number of pyridine rings is 1. The molecule has 1 radical (unpaired) electrons. The molecule has 6 nitrogen and oxygen atoms in total. The van der Waals surface area contributed by atoms with Gasteiger partial charge in [0.2, 0.25) is 5.91 Å². The Bertz CT molecular complexity index is 414. The Balaban J connectivity index is 2.62. The summed E-state index contributed by atoms with van der Waals surface area (Å²) in [4.78, 5) is 15.0. The fourth-order valence-corrected chi connectivity index (χ4v) is 0.888. The van der Waals surface area contributed by atoms with Crippen molar-refractivity contribution in [1.82, 2.24) is 4.98 Å². The average Bonchev–Trinajstić information content (AvgIpc) is 2.20. The van der Waals surface area contributed by atoms with Gasteiger partial charge in [-0.1, -0.05) is 0 Å². The number of nitriles is 1. The summed E-state index contributed by atoms with van der Waals surface area (Å²) in [6.07, 6.45) is 0.0163. The van der Waals surface area contributed by atoms with E-state index >= 15 is 0 Å². The second-order valence-corrected chi connectivity index (χ2v) is 2.76. The van der Waals surface area contributed by atoms with Crippen LogP contribution >= 0.6 is 0 Å². The van der Waals surface area contributed by atoms with Crippen molar-refractivity contribution >= 4 is 30.5 Å². The van der Waals surface area contributed by atoms with Crippen molar-refractivity contribution in [2.75, 3.05) is 16.8 Å². The van der Waals surface area contributed by atoms with E-state index in [9.17, 15) is 4.79 Å². The van der Waals surface area contributed by atoms with Gasteiger partial charge in [-0.15, -0.1) is 0 Å². The number of nitrogens with one attached hydrogen (secondary N) is 1. The predicted molar refractivity (Wildman–Crippen MR) is 57.9 cm³/mol. The fraction of sp³-hybridized carbons (Fsp3) is 0.125. The van der Waals surface area contributed by atoms with Crippen molar-refractivity contribution in [3.8, 4) is 5.97 Å². The smallest absolute Gasteiger partial charge is 0.264 e. The third-order valence-corrected chi connectivity index (χ3v) is 1.60. The summed E-state index contributed by atoms with van der Waals surface area (Å²) < 4.78 is 0. The number of nitrogen functional groups attached to an aromatic ring is 2. The van der Waals surface area contributed by atoms with E-state index in [1.54, 1.807) is 12.0 Å². The van der Waals surface area contributed by atoms with Crippen LogP contribution in [0.3, 0.4) is 0 Å². The molecule has 15 heavy (non-hydrogen) atoms. The van der Waals surface area contributed by atoms with Gasteiger partial charge >= 0.3 is 0 Å². The molecule has 1 aromatic heterocycles. The normalized spacial score (nSPS) is 9.00. The van der Waals surface area contributed by atoms with Crippen molar-refractivity contribution in [2.24, 2.45) is 0 Å². The lowest BCUT2D eigenvalue weighted by molar-refractivity contribution is -0.114. The first-order valence-electron chi connectivity index (χ1n) is 4.16. The van der Waals surface area contributed by atoms with Crippen molar-refractivity contribution in [2.45, 2.75) is 6.32 Å². The largest absolute Gasteiger partial charge is 0.396 e. The number of aromatic nitrogens is 1. The SMILES string of the molecule is N#C[B]CC(=O)Nc1ccc(N)c(N)n1. The predicted octanol–water partition coefficient (Wildman–Crippen LogP) is -0.212. The highest BCUT2D eigenvalue weighted by atomic mass is 16.1. The molecule has 1 rings (SSSR count). The number of rotatable bonds is 3. The first-order valence-corrected chi connectivity index (χ1v) is 4.16.